The Balaban J connectivity index is 1.45. The van der Waals surface area contributed by atoms with Gasteiger partial charge < -0.3 is 19.1 Å². The van der Waals surface area contributed by atoms with E-state index in [1.807, 2.05) is 18.2 Å². The second-order valence-electron chi connectivity index (χ2n) is 7.67. The van der Waals surface area contributed by atoms with Crippen molar-refractivity contribution in [2.75, 3.05) is 31.3 Å². The van der Waals surface area contributed by atoms with Gasteiger partial charge in [-0.1, -0.05) is 18.2 Å². The van der Waals surface area contributed by atoms with Crippen molar-refractivity contribution in [1.82, 2.24) is 4.98 Å². The molecule has 6 rings (SSSR count). The lowest BCUT2D eigenvalue weighted by Crippen LogP contribution is -2.36. The number of hydrogen-bond acceptors (Lipinski definition) is 5. The van der Waals surface area contributed by atoms with Crippen molar-refractivity contribution in [2.24, 2.45) is 0 Å². The predicted molar refractivity (Wildman–Crippen MR) is 105 cm³/mol. The molecule has 0 amide bonds. The van der Waals surface area contributed by atoms with Crippen LogP contribution in [0.5, 0.6) is 17.2 Å². The molecule has 1 unspecified atom stereocenters. The maximum Gasteiger partial charge on any atom is 0.165 e. The summed E-state index contributed by atoms with van der Waals surface area (Å²) >= 11 is 0. The van der Waals surface area contributed by atoms with Crippen molar-refractivity contribution in [3.8, 4) is 17.2 Å². The van der Waals surface area contributed by atoms with E-state index < -0.39 is 0 Å². The number of hydrogen-bond donors (Lipinski definition) is 0. The van der Waals surface area contributed by atoms with Gasteiger partial charge >= 0.3 is 0 Å². The monoisotopic (exact) mass is 390 g/mol. The second-order valence-corrected chi connectivity index (χ2v) is 7.67. The fourth-order valence-corrected chi connectivity index (χ4v) is 4.70. The fourth-order valence-electron chi connectivity index (χ4n) is 4.70. The average Bonchev–Trinajstić information content (AvgIpc) is 3.27. The van der Waals surface area contributed by atoms with Crippen molar-refractivity contribution in [3.05, 3.63) is 77.4 Å². The molecule has 3 aliphatic rings. The molecule has 0 saturated carbocycles. The van der Waals surface area contributed by atoms with Crippen LogP contribution in [0.2, 0.25) is 0 Å². The van der Waals surface area contributed by atoms with Crippen molar-refractivity contribution in [2.45, 2.75) is 12.0 Å². The first-order valence-electron chi connectivity index (χ1n) is 9.75. The summed E-state index contributed by atoms with van der Waals surface area (Å²) in [5, 5.41) is 0. The highest BCUT2D eigenvalue weighted by atomic mass is 19.1. The smallest absolute Gasteiger partial charge is 0.165 e. The molecule has 1 spiro atoms. The number of anilines is 1. The van der Waals surface area contributed by atoms with Crippen LogP contribution in [0.4, 0.5) is 10.1 Å². The van der Waals surface area contributed by atoms with Gasteiger partial charge in [0.25, 0.3) is 0 Å². The molecule has 3 aliphatic heterocycles. The van der Waals surface area contributed by atoms with Gasteiger partial charge in [0.15, 0.2) is 11.5 Å². The minimum atomic E-state index is -0.326. The van der Waals surface area contributed by atoms with E-state index in [0.29, 0.717) is 38.6 Å². The molecule has 0 bridgehead atoms. The van der Waals surface area contributed by atoms with Gasteiger partial charge in [-0.2, -0.15) is 0 Å². The standard InChI is InChI=1S/C23H19FN2O3/c24-17-5-3-7-25-18(17)12-26-13-23(15-4-1-2-6-19(15)26)14-29-20-11-22-21(10-16(20)23)27-8-9-28-22/h1-7,10-11H,8-9,12-14H2. The van der Waals surface area contributed by atoms with Crippen molar-refractivity contribution in [1.29, 1.82) is 0 Å². The molecule has 4 heterocycles. The number of fused-ring (bicyclic) bond motifs is 5. The SMILES string of the molecule is Fc1cccnc1CN1CC2(COc3cc4c(cc32)OCCO4)c2ccccc21. The molecule has 0 N–H and O–H groups in total. The fraction of sp³-hybridized carbons (Fsp3) is 0.261. The molecule has 0 radical (unpaired) electrons. The summed E-state index contributed by atoms with van der Waals surface area (Å²) in [5.41, 5.74) is 3.49. The quantitative estimate of drug-likeness (QED) is 0.668. The van der Waals surface area contributed by atoms with Crippen LogP contribution in [0, 0.1) is 5.82 Å². The lowest BCUT2D eigenvalue weighted by Gasteiger charge is -2.26. The Kier molecular flexibility index (Phi) is 3.51. The topological polar surface area (TPSA) is 43.8 Å². The molecule has 1 atom stereocenters. The molecular weight excluding hydrogens is 371 g/mol. The third-order valence-corrected chi connectivity index (χ3v) is 6.03. The summed E-state index contributed by atoms with van der Waals surface area (Å²) in [5.74, 6) is 2.03. The zero-order chi connectivity index (χ0) is 19.4. The van der Waals surface area contributed by atoms with E-state index in [1.54, 1.807) is 12.3 Å². The Morgan fingerprint density at radius 1 is 0.931 bits per heavy atom. The molecule has 2 aromatic carbocycles. The van der Waals surface area contributed by atoms with E-state index in [0.717, 1.165) is 28.5 Å². The van der Waals surface area contributed by atoms with E-state index in [2.05, 4.69) is 28.1 Å². The molecule has 0 fully saturated rings. The van der Waals surface area contributed by atoms with Crippen LogP contribution in [0.25, 0.3) is 0 Å². The zero-order valence-corrected chi connectivity index (χ0v) is 15.7. The number of nitrogens with zero attached hydrogens (tertiary/aromatic N) is 2. The predicted octanol–water partition coefficient (Wildman–Crippen LogP) is 3.69. The Morgan fingerprint density at radius 2 is 1.76 bits per heavy atom. The number of rotatable bonds is 2. The Hall–Kier alpha value is -3.28. The number of halogens is 1. The van der Waals surface area contributed by atoms with Gasteiger partial charge in [-0.25, -0.2) is 4.39 Å². The number of benzene rings is 2. The largest absolute Gasteiger partial charge is 0.492 e. The van der Waals surface area contributed by atoms with Crippen LogP contribution in [0.15, 0.2) is 54.7 Å². The molecule has 3 aromatic rings. The zero-order valence-electron chi connectivity index (χ0n) is 15.7. The Morgan fingerprint density at radius 3 is 2.62 bits per heavy atom. The molecular formula is C23H19FN2O3. The summed E-state index contributed by atoms with van der Waals surface area (Å²) < 4.78 is 31.9. The van der Waals surface area contributed by atoms with Crippen LogP contribution in [0.3, 0.4) is 0 Å². The summed E-state index contributed by atoms with van der Waals surface area (Å²) in [7, 11) is 0. The van der Waals surface area contributed by atoms with Crippen LogP contribution in [-0.2, 0) is 12.0 Å². The lowest BCUT2D eigenvalue weighted by atomic mass is 9.77. The van der Waals surface area contributed by atoms with Gasteiger partial charge in [0, 0.05) is 30.1 Å². The van der Waals surface area contributed by atoms with Gasteiger partial charge in [-0.3, -0.25) is 4.98 Å². The average molecular weight is 390 g/mol. The van der Waals surface area contributed by atoms with Gasteiger partial charge in [0.2, 0.25) is 0 Å². The summed E-state index contributed by atoms with van der Waals surface area (Å²) in [6, 6.07) is 15.3. The van der Waals surface area contributed by atoms with Gasteiger partial charge in [0.05, 0.1) is 17.7 Å². The highest BCUT2D eigenvalue weighted by Gasteiger charge is 2.50. The van der Waals surface area contributed by atoms with Gasteiger partial charge in [0.1, 0.15) is 31.4 Å². The number of ether oxygens (including phenoxy) is 3. The minimum absolute atomic E-state index is 0.284. The maximum atomic E-state index is 14.3. The van der Waals surface area contributed by atoms with E-state index in [9.17, 15) is 4.39 Å². The first kappa shape index (κ1) is 16.7. The Labute approximate surface area is 167 Å². The van der Waals surface area contributed by atoms with Crippen LogP contribution < -0.4 is 19.1 Å². The number of pyridine rings is 1. The van der Waals surface area contributed by atoms with Crippen molar-refractivity contribution in [3.63, 3.8) is 0 Å². The highest BCUT2D eigenvalue weighted by molar-refractivity contribution is 5.70. The minimum Gasteiger partial charge on any atom is -0.492 e. The molecule has 0 aliphatic carbocycles. The first-order chi connectivity index (χ1) is 14.2. The van der Waals surface area contributed by atoms with Crippen molar-refractivity contribution >= 4 is 5.69 Å². The molecule has 1 aromatic heterocycles. The van der Waals surface area contributed by atoms with Gasteiger partial charge in [-0.15, -0.1) is 0 Å². The van der Waals surface area contributed by atoms with E-state index in [-0.39, 0.29) is 11.2 Å². The van der Waals surface area contributed by atoms with E-state index in [4.69, 9.17) is 14.2 Å². The van der Waals surface area contributed by atoms with Crippen LogP contribution >= 0.6 is 0 Å². The molecule has 146 valence electrons. The third-order valence-electron chi connectivity index (χ3n) is 6.03. The highest BCUT2D eigenvalue weighted by Crippen LogP contribution is 2.54. The normalized spacial score (nSPS) is 21.1. The van der Waals surface area contributed by atoms with Crippen LogP contribution in [0.1, 0.15) is 16.8 Å². The lowest BCUT2D eigenvalue weighted by molar-refractivity contribution is 0.171. The second kappa shape index (κ2) is 6.11. The summed E-state index contributed by atoms with van der Waals surface area (Å²) in [6.07, 6.45) is 1.63. The van der Waals surface area contributed by atoms with Crippen LogP contribution in [-0.4, -0.2) is 31.3 Å². The first-order valence-corrected chi connectivity index (χ1v) is 9.75. The maximum absolute atomic E-state index is 14.3. The number of para-hydroxylation sites is 1. The molecule has 0 saturated heterocycles. The van der Waals surface area contributed by atoms with Gasteiger partial charge in [-0.05, 0) is 29.8 Å². The molecule has 29 heavy (non-hydrogen) atoms. The molecule has 6 heteroatoms. The van der Waals surface area contributed by atoms with E-state index >= 15 is 0 Å². The third kappa shape index (κ3) is 2.41. The summed E-state index contributed by atoms with van der Waals surface area (Å²) in [6.45, 7) is 2.72. The Bertz CT molecular complexity index is 1120. The van der Waals surface area contributed by atoms with Crippen molar-refractivity contribution < 1.29 is 18.6 Å². The van der Waals surface area contributed by atoms with E-state index in [1.165, 1.54) is 11.6 Å². The molecule has 5 nitrogen and oxygen atoms in total. The number of aromatic nitrogens is 1. The summed E-state index contributed by atoms with van der Waals surface area (Å²) in [4.78, 5) is 6.44.